The van der Waals surface area contributed by atoms with Crippen LogP contribution in [0, 0.1) is 6.92 Å². The van der Waals surface area contributed by atoms with E-state index in [1.54, 1.807) is 0 Å². The number of hydrogen-bond donors (Lipinski definition) is 2. The molecule has 2 N–H and O–H groups in total. The molecule has 0 aromatic heterocycles. The van der Waals surface area contributed by atoms with Crippen LogP contribution in [0.25, 0.3) is 0 Å². The fraction of sp³-hybridized carbons (Fsp3) is 0.632. The standard InChI is InChI=1S/C19H28N2O/c1-15-8-3-4-10-17(15)19(11-5-2-6-12-19)18(22)21-14-16-9-7-13-20-16/h3-4,8,10,16,20H,2,5-7,9,11-14H2,1H3,(H,21,22). The Bertz CT molecular complexity index is 514. The smallest absolute Gasteiger partial charge is 0.230 e. The number of carbonyl (C=O) groups excluding carboxylic acids is 1. The van der Waals surface area contributed by atoms with Crippen LogP contribution in [0.3, 0.4) is 0 Å². The SMILES string of the molecule is Cc1ccccc1C1(C(=O)NCC2CCCN2)CCCCC1. The summed E-state index contributed by atoms with van der Waals surface area (Å²) in [4.78, 5) is 13.1. The number of amides is 1. The average molecular weight is 300 g/mol. The van der Waals surface area contributed by atoms with Gasteiger partial charge in [-0.25, -0.2) is 0 Å². The van der Waals surface area contributed by atoms with Gasteiger partial charge in [-0.3, -0.25) is 4.79 Å². The van der Waals surface area contributed by atoms with Crippen molar-refractivity contribution in [3.05, 3.63) is 35.4 Å². The summed E-state index contributed by atoms with van der Waals surface area (Å²) in [5.41, 5.74) is 2.19. The van der Waals surface area contributed by atoms with Gasteiger partial charge in [-0.15, -0.1) is 0 Å². The summed E-state index contributed by atoms with van der Waals surface area (Å²) in [5.74, 6) is 0.246. The van der Waals surface area contributed by atoms with Crippen LogP contribution >= 0.6 is 0 Å². The molecular weight excluding hydrogens is 272 g/mol. The van der Waals surface area contributed by atoms with E-state index in [-0.39, 0.29) is 11.3 Å². The molecule has 1 unspecified atom stereocenters. The third-order valence-corrected chi connectivity index (χ3v) is 5.47. The van der Waals surface area contributed by atoms with E-state index in [0.717, 1.165) is 38.8 Å². The average Bonchev–Trinajstić information content (AvgIpc) is 3.07. The zero-order valence-electron chi connectivity index (χ0n) is 13.7. The first-order chi connectivity index (χ1) is 10.7. The molecule has 1 amide bonds. The molecule has 3 nitrogen and oxygen atoms in total. The lowest BCUT2D eigenvalue weighted by Crippen LogP contribution is -2.49. The van der Waals surface area contributed by atoms with E-state index in [4.69, 9.17) is 0 Å². The first kappa shape index (κ1) is 15.5. The topological polar surface area (TPSA) is 41.1 Å². The molecule has 1 atom stereocenters. The third kappa shape index (κ3) is 3.05. The summed E-state index contributed by atoms with van der Waals surface area (Å²) in [6, 6.07) is 8.90. The van der Waals surface area contributed by atoms with Crippen LogP contribution in [0.5, 0.6) is 0 Å². The molecule has 1 heterocycles. The van der Waals surface area contributed by atoms with E-state index in [2.05, 4.69) is 41.8 Å². The third-order valence-electron chi connectivity index (χ3n) is 5.47. The molecule has 0 bridgehead atoms. The van der Waals surface area contributed by atoms with Crippen LogP contribution in [0.15, 0.2) is 24.3 Å². The van der Waals surface area contributed by atoms with Gasteiger partial charge < -0.3 is 10.6 Å². The summed E-state index contributed by atoms with van der Waals surface area (Å²) in [5, 5.41) is 6.72. The van der Waals surface area contributed by atoms with Crippen molar-refractivity contribution in [3.8, 4) is 0 Å². The predicted molar refractivity (Wildman–Crippen MR) is 90.0 cm³/mol. The summed E-state index contributed by atoms with van der Waals surface area (Å²) in [6.07, 6.45) is 7.95. The highest BCUT2D eigenvalue weighted by molar-refractivity contribution is 5.88. The fourth-order valence-corrected chi connectivity index (χ4v) is 4.20. The van der Waals surface area contributed by atoms with Crippen molar-refractivity contribution in [3.63, 3.8) is 0 Å². The van der Waals surface area contributed by atoms with Crippen LogP contribution in [0.2, 0.25) is 0 Å². The van der Waals surface area contributed by atoms with Gasteiger partial charge in [0.15, 0.2) is 0 Å². The van der Waals surface area contributed by atoms with E-state index >= 15 is 0 Å². The first-order valence-corrected chi connectivity index (χ1v) is 8.80. The van der Waals surface area contributed by atoms with E-state index in [0.29, 0.717) is 6.04 Å². The first-order valence-electron chi connectivity index (χ1n) is 8.80. The maximum Gasteiger partial charge on any atom is 0.230 e. The van der Waals surface area contributed by atoms with Crippen molar-refractivity contribution < 1.29 is 4.79 Å². The Labute approximate surface area is 133 Å². The summed E-state index contributed by atoms with van der Waals surface area (Å²) >= 11 is 0. The highest BCUT2D eigenvalue weighted by atomic mass is 16.2. The maximum absolute atomic E-state index is 13.1. The highest BCUT2D eigenvalue weighted by Crippen LogP contribution is 2.41. The number of nitrogens with one attached hydrogen (secondary N) is 2. The minimum atomic E-state index is -0.303. The van der Waals surface area contributed by atoms with Gasteiger partial charge in [0.1, 0.15) is 0 Å². The highest BCUT2D eigenvalue weighted by Gasteiger charge is 2.41. The molecule has 1 aliphatic carbocycles. The zero-order valence-corrected chi connectivity index (χ0v) is 13.7. The molecular formula is C19H28N2O. The van der Waals surface area contributed by atoms with Gasteiger partial charge in [0, 0.05) is 12.6 Å². The van der Waals surface area contributed by atoms with E-state index in [1.807, 2.05) is 0 Å². The van der Waals surface area contributed by atoms with Crippen molar-refractivity contribution in [2.75, 3.05) is 13.1 Å². The molecule has 1 saturated carbocycles. The number of hydrogen-bond acceptors (Lipinski definition) is 2. The Hall–Kier alpha value is -1.35. The zero-order chi connectivity index (χ0) is 15.4. The van der Waals surface area contributed by atoms with Crippen molar-refractivity contribution >= 4 is 5.91 Å². The van der Waals surface area contributed by atoms with Gasteiger partial charge in [0.25, 0.3) is 0 Å². The lowest BCUT2D eigenvalue weighted by Gasteiger charge is -2.37. The second-order valence-corrected chi connectivity index (χ2v) is 6.96. The minimum absolute atomic E-state index is 0.246. The number of rotatable bonds is 4. The fourth-order valence-electron chi connectivity index (χ4n) is 4.20. The van der Waals surface area contributed by atoms with Crippen LogP contribution in [0.1, 0.15) is 56.1 Å². The van der Waals surface area contributed by atoms with Gasteiger partial charge in [-0.1, -0.05) is 43.5 Å². The summed E-state index contributed by atoms with van der Waals surface area (Å²) < 4.78 is 0. The molecule has 1 aliphatic heterocycles. The molecule has 1 aromatic rings. The number of aryl methyl sites for hydroxylation is 1. The van der Waals surface area contributed by atoms with E-state index < -0.39 is 0 Å². The van der Waals surface area contributed by atoms with Gasteiger partial charge in [-0.05, 0) is 50.3 Å². The van der Waals surface area contributed by atoms with Crippen molar-refractivity contribution in [2.45, 2.75) is 63.3 Å². The van der Waals surface area contributed by atoms with Crippen LogP contribution < -0.4 is 10.6 Å². The van der Waals surface area contributed by atoms with Gasteiger partial charge in [-0.2, -0.15) is 0 Å². The van der Waals surface area contributed by atoms with Crippen molar-refractivity contribution in [1.29, 1.82) is 0 Å². The number of carbonyl (C=O) groups is 1. The van der Waals surface area contributed by atoms with Gasteiger partial charge >= 0.3 is 0 Å². The lowest BCUT2D eigenvalue weighted by molar-refractivity contribution is -0.128. The Kier molecular flexibility index (Phi) is 4.82. The second kappa shape index (κ2) is 6.82. The second-order valence-electron chi connectivity index (χ2n) is 6.96. The van der Waals surface area contributed by atoms with Crippen molar-refractivity contribution in [1.82, 2.24) is 10.6 Å². The molecule has 22 heavy (non-hydrogen) atoms. The summed E-state index contributed by atoms with van der Waals surface area (Å²) in [6.45, 7) is 3.99. The molecule has 120 valence electrons. The summed E-state index contributed by atoms with van der Waals surface area (Å²) in [7, 11) is 0. The Morgan fingerprint density at radius 2 is 2.00 bits per heavy atom. The van der Waals surface area contributed by atoms with E-state index in [1.165, 1.54) is 30.4 Å². The monoisotopic (exact) mass is 300 g/mol. The van der Waals surface area contributed by atoms with Gasteiger partial charge in [0.2, 0.25) is 5.91 Å². The Balaban J connectivity index is 1.79. The van der Waals surface area contributed by atoms with Crippen LogP contribution in [-0.4, -0.2) is 25.0 Å². The molecule has 0 radical (unpaired) electrons. The maximum atomic E-state index is 13.1. The minimum Gasteiger partial charge on any atom is -0.354 e. The quantitative estimate of drug-likeness (QED) is 0.897. The molecule has 2 aliphatic rings. The van der Waals surface area contributed by atoms with Gasteiger partial charge in [0.05, 0.1) is 5.41 Å². The van der Waals surface area contributed by atoms with Crippen LogP contribution in [-0.2, 0) is 10.2 Å². The largest absolute Gasteiger partial charge is 0.354 e. The molecule has 1 aromatic carbocycles. The van der Waals surface area contributed by atoms with Crippen molar-refractivity contribution in [2.24, 2.45) is 0 Å². The molecule has 3 heteroatoms. The molecule has 3 rings (SSSR count). The van der Waals surface area contributed by atoms with Crippen LogP contribution in [0.4, 0.5) is 0 Å². The molecule has 2 fully saturated rings. The molecule has 0 spiro atoms. The molecule has 1 saturated heterocycles. The Morgan fingerprint density at radius 3 is 2.68 bits per heavy atom. The predicted octanol–water partition coefficient (Wildman–Crippen LogP) is 3.07. The lowest BCUT2D eigenvalue weighted by atomic mass is 9.67. The Morgan fingerprint density at radius 1 is 1.23 bits per heavy atom. The van der Waals surface area contributed by atoms with E-state index in [9.17, 15) is 4.79 Å². The number of benzene rings is 1. The normalized spacial score (nSPS) is 24.1.